The molecule has 1 atom stereocenters. The Morgan fingerprint density at radius 3 is 2.93 bits per heavy atom. The quantitative estimate of drug-likeness (QED) is 0.732. The second-order valence-corrected chi connectivity index (χ2v) is 4.09. The molecule has 0 fully saturated rings. The largest absolute Gasteiger partial charge is 0.383 e. The van der Waals surface area contributed by atoms with E-state index in [1.54, 1.807) is 19.4 Å². The Morgan fingerprint density at radius 1 is 1.57 bits per heavy atom. The maximum Gasteiger partial charge on any atom is 0.126 e. The van der Waals surface area contributed by atoms with E-state index in [0.29, 0.717) is 18.0 Å². The summed E-state index contributed by atoms with van der Waals surface area (Å²) < 4.78 is 19.2. The molecule has 0 aliphatic carbocycles. The number of nitrogens with one attached hydrogen (secondary N) is 1. The van der Waals surface area contributed by atoms with Gasteiger partial charge in [0.15, 0.2) is 0 Å². The molecule has 1 rings (SSSR count). The van der Waals surface area contributed by atoms with Crippen LogP contribution in [0.1, 0.15) is 5.69 Å². The van der Waals surface area contributed by atoms with Crippen molar-refractivity contribution in [2.45, 2.75) is 11.8 Å². The molecule has 1 N–H and O–H groups in total. The molecule has 0 saturated heterocycles. The number of hydrogen-bond donors (Lipinski definition) is 1. The fraction of sp³-hybridized carbons (Fsp3) is 0.444. The van der Waals surface area contributed by atoms with Crippen molar-refractivity contribution < 1.29 is 8.95 Å². The van der Waals surface area contributed by atoms with Crippen LogP contribution in [-0.4, -0.2) is 29.5 Å². The summed E-state index contributed by atoms with van der Waals surface area (Å²) in [5.74, 6) is 0. The van der Waals surface area contributed by atoms with Gasteiger partial charge in [-0.2, -0.15) is 0 Å². The summed E-state index contributed by atoms with van der Waals surface area (Å²) in [6, 6.07) is 3.64. The molecule has 1 aromatic heterocycles. The molecule has 0 saturated carbocycles. The van der Waals surface area contributed by atoms with Gasteiger partial charge in [-0.1, -0.05) is 0 Å². The second kappa shape index (κ2) is 5.85. The molecule has 0 amide bonds. The Hall–Kier alpha value is -0.780. The lowest BCUT2D eigenvalue weighted by molar-refractivity contribution is 0.205. The van der Waals surface area contributed by atoms with Crippen molar-refractivity contribution in [3.63, 3.8) is 0 Å². The number of methoxy groups -OCH3 is 1. The van der Waals surface area contributed by atoms with E-state index < -0.39 is 11.0 Å². The summed E-state index contributed by atoms with van der Waals surface area (Å²) in [5, 5.41) is 0. The molecule has 4 nitrogen and oxygen atoms in total. The molecule has 1 unspecified atom stereocenters. The van der Waals surface area contributed by atoms with Gasteiger partial charge in [-0.3, -0.25) is 4.98 Å². The molecule has 5 heteroatoms. The third-order valence-corrected chi connectivity index (χ3v) is 2.77. The van der Waals surface area contributed by atoms with E-state index in [-0.39, 0.29) is 0 Å². The zero-order chi connectivity index (χ0) is 10.4. The molecule has 0 radical (unpaired) electrons. The predicted molar refractivity (Wildman–Crippen MR) is 55.3 cm³/mol. The molecule has 0 aliphatic rings. The monoisotopic (exact) mass is 214 g/mol. The number of rotatable bonds is 5. The van der Waals surface area contributed by atoms with Crippen LogP contribution in [0.25, 0.3) is 0 Å². The predicted octanol–water partition coefficient (Wildman–Crippen LogP) is 0.649. The van der Waals surface area contributed by atoms with Gasteiger partial charge in [0.1, 0.15) is 11.0 Å². The van der Waals surface area contributed by atoms with Crippen LogP contribution in [0, 0.1) is 6.92 Å². The SMILES string of the molecule is COCCNS(=O)c1ccc(C)nc1. The highest BCUT2D eigenvalue weighted by Crippen LogP contribution is 2.02. The molecule has 0 aliphatic heterocycles. The number of hydrogen-bond acceptors (Lipinski definition) is 3. The highest BCUT2D eigenvalue weighted by molar-refractivity contribution is 7.83. The van der Waals surface area contributed by atoms with E-state index in [9.17, 15) is 4.21 Å². The molecule has 0 spiro atoms. The first kappa shape index (κ1) is 11.3. The first-order valence-corrected chi connectivity index (χ1v) is 5.46. The minimum absolute atomic E-state index is 0.547. The molecule has 78 valence electrons. The Labute approximate surface area is 86.3 Å². The smallest absolute Gasteiger partial charge is 0.126 e. The fourth-order valence-electron chi connectivity index (χ4n) is 0.884. The number of ether oxygens (including phenoxy) is 1. The van der Waals surface area contributed by atoms with Crippen LogP contribution >= 0.6 is 0 Å². The van der Waals surface area contributed by atoms with Crippen molar-refractivity contribution in [3.8, 4) is 0 Å². The van der Waals surface area contributed by atoms with Gasteiger partial charge < -0.3 is 4.74 Å². The van der Waals surface area contributed by atoms with E-state index in [0.717, 1.165) is 5.69 Å². The third kappa shape index (κ3) is 3.53. The van der Waals surface area contributed by atoms with Gasteiger partial charge in [0.2, 0.25) is 0 Å². The van der Waals surface area contributed by atoms with Crippen molar-refractivity contribution >= 4 is 11.0 Å². The fourth-order valence-corrected chi connectivity index (χ4v) is 1.66. The van der Waals surface area contributed by atoms with Gasteiger partial charge >= 0.3 is 0 Å². The maximum atomic E-state index is 11.5. The summed E-state index contributed by atoms with van der Waals surface area (Å²) in [6.07, 6.45) is 1.62. The van der Waals surface area contributed by atoms with E-state index in [4.69, 9.17) is 4.74 Å². The van der Waals surface area contributed by atoms with Crippen LogP contribution < -0.4 is 4.72 Å². The standard InChI is InChI=1S/C9H14N2O2S/c1-8-3-4-9(7-10-8)14(12)11-5-6-13-2/h3-4,7,11H,5-6H2,1-2H3. The number of aryl methyl sites for hydroxylation is 1. The average molecular weight is 214 g/mol. The first-order chi connectivity index (χ1) is 6.74. The molecule has 1 aromatic rings. The van der Waals surface area contributed by atoms with Crippen molar-refractivity contribution in [3.05, 3.63) is 24.0 Å². The van der Waals surface area contributed by atoms with Gasteiger partial charge in [0, 0.05) is 25.5 Å². The van der Waals surface area contributed by atoms with Gasteiger partial charge in [-0.15, -0.1) is 0 Å². The molecular formula is C9H14N2O2S. The lowest BCUT2D eigenvalue weighted by Gasteiger charge is -2.03. The first-order valence-electron chi connectivity index (χ1n) is 4.31. The molecule has 0 bridgehead atoms. The Bertz CT molecular complexity index is 300. The van der Waals surface area contributed by atoms with E-state index in [2.05, 4.69) is 9.71 Å². The third-order valence-electron chi connectivity index (χ3n) is 1.64. The minimum atomic E-state index is -1.19. The summed E-state index contributed by atoms with van der Waals surface area (Å²) in [5.41, 5.74) is 0.919. The van der Waals surface area contributed by atoms with Crippen LogP contribution in [0.2, 0.25) is 0 Å². The molecule has 14 heavy (non-hydrogen) atoms. The number of nitrogens with zero attached hydrogens (tertiary/aromatic N) is 1. The van der Waals surface area contributed by atoms with Crippen LogP contribution in [0.15, 0.2) is 23.2 Å². The topological polar surface area (TPSA) is 51.2 Å². The van der Waals surface area contributed by atoms with E-state index in [1.807, 2.05) is 13.0 Å². The maximum absolute atomic E-state index is 11.5. The normalized spacial score (nSPS) is 12.7. The molecular weight excluding hydrogens is 200 g/mol. The van der Waals surface area contributed by atoms with Gasteiger partial charge in [0.05, 0.1) is 11.5 Å². The van der Waals surface area contributed by atoms with E-state index >= 15 is 0 Å². The molecule has 1 heterocycles. The molecule has 0 aromatic carbocycles. The van der Waals surface area contributed by atoms with Crippen molar-refractivity contribution in [2.24, 2.45) is 0 Å². The van der Waals surface area contributed by atoms with Gasteiger partial charge in [0.25, 0.3) is 0 Å². The summed E-state index contributed by atoms with van der Waals surface area (Å²) in [4.78, 5) is 4.75. The number of pyridine rings is 1. The lowest BCUT2D eigenvalue weighted by atomic mass is 10.4. The highest BCUT2D eigenvalue weighted by atomic mass is 32.2. The van der Waals surface area contributed by atoms with Crippen LogP contribution in [-0.2, 0) is 15.7 Å². The van der Waals surface area contributed by atoms with Crippen molar-refractivity contribution in [2.75, 3.05) is 20.3 Å². The Balaban J connectivity index is 2.48. The summed E-state index contributed by atoms with van der Waals surface area (Å²) >= 11 is 0. The zero-order valence-corrected chi connectivity index (χ0v) is 9.13. The van der Waals surface area contributed by atoms with Crippen LogP contribution in [0.4, 0.5) is 0 Å². The van der Waals surface area contributed by atoms with Gasteiger partial charge in [-0.05, 0) is 19.1 Å². The van der Waals surface area contributed by atoms with Gasteiger partial charge in [-0.25, -0.2) is 8.93 Å². The van der Waals surface area contributed by atoms with Crippen LogP contribution in [0.5, 0.6) is 0 Å². The van der Waals surface area contributed by atoms with Crippen molar-refractivity contribution in [1.29, 1.82) is 0 Å². The van der Waals surface area contributed by atoms with E-state index in [1.165, 1.54) is 0 Å². The Kier molecular flexibility index (Phi) is 4.72. The number of aromatic nitrogens is 1. The van der Waals surface area contributed by atoms with Crippen molar-refractivity contribution in [1.82, 2.24) is 9.71 Å². The zero-order valence-electron chi connectivity index (χ0n) is 8.32. The average Bonchev–Trinajstić information content (AvgIpc) is 2.19. The second-order valence-electron chi connectivity index (χ2n) is 2.79. The highest BCUT2D eigenvalue weighted by Gasteiger charge is 2.02. The summed E-state index contributed by atoms with van der Waals surface area (Å²) in [6.45, 7) is 3.01. The minimum Gasteiger partial charge on any atom is -0.383 e. The van der Waals surface area contributed by atoms with Crippen LogP contribution in [0.3, 0.4) is 0 Å². The Morgan fingerprint density at radius 2 is 2.36 bits per heavy atom. The lowest BCUT2D eigenvalue weighted by Crippen LogP contribution is -2.21. The summed E-state index contributed by atoms with van der Waals surface area (Å²) in [7, 11) is 0.423.